The van der Waals surface area contributed by atoms with E-state index in [1.165, 1.54) is 11.1 Å². The number of rotatable bonds is 1. The average Bonchev–Trinajstić information content (AvgIpc) is 2.72. The summed E-state index contributed by atoms with van der Waals surface area (Å²) in [6.07, 6.45) is 4.11. The second-order valence-electron chi connectivity index (χ2n) is 3.89. The minimum Gasteiger partial charge on any atom is -0.323 e. The Kier molecular flexibility index (Phi) is 2.00. The molecule has 0 unspecified atom stereocenters. The van der Waals surface area contributed by atoms with Gasteiger partial charge in [0.05, 0.1) is 11.2 Å². The molecule has 3 aromatic rings. The lowest BCUT2D eigenvalue weighted by Crippen LogP contribution is -1.86. The lowest BCUT2D eigenvalue weighted by atomic mass is 10.1. The van der Waals surface area contributed by atoms with E-state index in [9.17, 15) is 0 Å². The van der Waals surface area contributed by atoms with Crippen molar-refractivity contribution in [1.29, 1.82) is 0 Å². The van der Waals surface area contributed by atoms with Crippen molar-refractivity contribution < 1.29 is 0 Å². The molecule has 0 aliphatic heterocycles. The van der Waals surface area contributed by atoms with Crippen LogP contribution in [-0.4, -0.2) is 9.38 Å². The Balaban J connectivity index is 2.26. The predicted octanol–water partition coefficient (Wildman–Crippen LogP) is 3.31. The fourth-order valence-electron chi connectivity index (χ4n) is 1.96. The number of nitrogens with zero attached hydrogens (tertiary/aromatic N) is 2. The second-order valence-corrected chi connectivity index (χ2v) is 3.89. The summed E-state index contributed by atoms with van der Waals surface area (Å²) in [4.78, 5) is 4.55. The van der Waals surface area contributed by atoms with Gasteiger partial charge in [-0.1, -0.05) is 12.1 Å². The van der Waals surface area contributed by atoms with Gasteiger partial charge in [-0.15, -0.1) is 0 Å². The lowest BCUT2D eigenvalue weighted by molar-refractivity contribution is 1.19. The zero-order valence-corrected chi connectivity index (χ0v) is 9.09. The van der Waals surface area contributed by atoms with Crippen LogP contribution < -0.4 is 0 Å². The van der Waals surface area contributed by atoms with E-state index in [1.54, 1.807) is 0 Å². The first-order valence-corrected chi connectivity index (χ1v) is 5.34. The van der Waals surface area contributed by atoms with Gasteiger partial charge in [0.15, 0.2) is 0 Å². The van der Waals surface area contributed by atoms with Crippen LogP contribution in [0.5, 0.6) is 0 Å². The second kappa shape index (κ2) is 3.49. The fourth-order valence-corrected chi connectivity index (χ4v) is 1.96. The van der Waals surface area contributed by atoms with Crippen molar-refractivity contribution in [2.24, 2.45) is 0 Å². The SMILES string of the molecule is Cc1cccc(-c2ccn3ccccc23)n1. The van der Waals surface area contributed by atoms with Crippen molar-refractivity contribution in [3.8, 4) is 11.3 Å². The highest BCUT2D eigenvalue weighted by atomic mass is 14.9. The van der Waals surface area contributed by atoms with Gasteiger partial charge in [-0.05, 0) is 37.3 Å². The standard InChI is InChI=1S/C14H12N2/c1-11-5-4-6-13(15-11)12-8-10-16-9-3-2-7-14(12)16/h2-10H,1H3. The molecule has 78 valence electrons. The van der Waals surface area contributed by atoms with E-state index in [2.05, 4.69) is 46.0 Å². The smallest absolute Gasteiger partial charge is 0.0726 e. The molecule has 3 rings (SSSR count). The van der Waals surface area contributed by atoms with Gasteiger partial charge in [-0.25, -0.2) is 0 Å². The van der Waals surface area contributed by atoms with Gasteiger partial charge in [0.25, 0.3) is 0 Å². The van der Waals surface area contributed by atoms with Crippen LogP contribution in [-0.2, 0) is 0 Å². The van der Waals surface area contributed by atoms with Crippen molar-refractivity contribution in [1.82, 2.24) is 9.38 Å². The van der Waals surface area contributed by atoms with Crippen molar-refractivity contribution in [3.63, 3.8) is 0 Å². The zero-order valence-electron chi connectivity index (χ0n) is 9.09. The Morgan fingerprint density at radius 1 is 0.938 bits per heavy atom. The summed E-state index contributed by atoms with van der Waals surface area (Å²) in [5.74, 6) is 0. The van der Waals surface area contributed by atoms with Gasteiger partial charge in [-0.2, -0.15) is 0 Å². The number of hydrogen-bond donors (Lipinski definition) is 0. The molecule has 0 atom stereocenters. The molecule has 0 amide bonds. The first-order chi connectivity index (χ1) is 7.84. The van der Waals surface area contributed by atoms with Crippen LogP contribution in [0.3, 0.4) is 0 Å². The van der Waals surface area contributed by atoms with Gasteiger partial charge in [0.1, 0.15) is 0 Å². The molecule has 0 radical (unpaired) electrons. The van der Waals surface area contributed by atoms with E-state index in [0.717, 1.165) is 11.4 Å². The van der Waals surface area contributed by atoms with Gasteiger partial charge in [0, 0.05) is 23.7 Å². The molecule has 16 heavy (non-hydrogen) atoms. The lowest BCUT2D eigenvalue weighted by Gasteiger charge is -2.00. The largest absolute Gasteiger partial charge is 0.323 e. The highest BCUT2D eigenvalue weighted by Gasteiger charge is 2.05. The highest BCUT2D eigenvalue weighted by molar-refractivity contribution is 5.78. The molecule has 2 heteroatoms. The number of fused-ring (bicyclic) bond motifs is 1. The van der Waals surface area contributed by atoms with E-state index in [0.29, 0.717) is 0 Å². The van der Waals surface area contributed by atoms with E-state index >= 15 is 0 Å². The molecule has 0 saturated heterocycles. The monoisotopic (exact) mass is 208 g/mol. The molecular formula is C14H12N2. The molecule has 0 saturated carbocycles. The van der Waals surface area contributed by atoms with Crippen LogP contribution in [0.2, 0.25) is 0 Å². The summed E-state index contributed by atoms with van der Waals surface area (Å²) >= 11 is 0. The number of aryl methyl sites for hydroxylation is 1. The Morgan fingerprint density at radius 2 is 1.88 bits per heavy atom. The minimum absolute atomic E-state index is 1.04. The molecule has 0 bridgehead atoms. The predicted molar refractivity (Wildman–Crippen MR) is 65.4 cm³/mol. The van der Waals surface area contributed by atoms with E-state index < -0.39 is 0 Å². The van der Waals surface area contributed by atoms with Gasteiger partial charge in [0.2, 0.25) is 0 Å². The summed E-state index contributed by atoms with van der Waals surface area (Å²) < 4.78 is 2.11. The Morgan fingerprint density at radius 3 is 2.75 bits per heavy atom. The summed E-state index contributed by atoms with van der Waals surface area (Å²) in [6.45, 7) is 2.02. The van der Waals surface area contributed by atoms with E-state index in [4.69, 9.17) is 0 Å². The van der Waals surface area contributed by atoms with Crippen molar-refractivity contribution in [2.75, 3.05) is 0 Å². The molecule has 0 aromatic carbocycles. The minimum atomic E-state index is 1.04. The zero-order chi connectivity index (χ0) is 11.0. The Hall–Kier alpha value is -2.09. The Labute approximate surface area is 94.2 Å². The van der Waals surface area contributed by atoms with Crippen molar-refractivity contribution >= 4 is 5.52 Å². The van der Waals surface area contributed by atoms with Crippen LogP contribution in [0.25, 0.3) is 16.8 Å². The third-order valence-corrected chi connectivity index (χ3v) is 2.73. The van der Waals surface area contributed by atoms with Gasteiger partial charge in [-0.3, -0.25) is 4.98 Å². The molecule has 0 aliphatic rings. The summed E-state index contributed by atoms with van der Waals surface area (Å²) in [7, 11) is 0. The molecule has 0 spiro atoms. The van der Waals surface area contributed by atoms with Crippen LogP contribution in [0.4, 0.5) is 0 Å². The quantitative estimate of drug-likeness (QED) is 0.599. The average molecular weight is 208 g/mol. The topological polar surface area (TPSA) is 17.3 Å². The molecular weight excluding hydrogens is 196 g/mol. The highest BCUT2D eigenvalue weighted by Crippen LogP contribution is 2.23. The van der Waals surface area contributed by atoms with Crippen molar-refractivity contribution in [3.05, 3.63) is 60.6 Å². The third kappa shape index (κ3) is 1.39. The fraction of sp³-hybridized carbons (Fsp3) is 0.0714. The number of pyridine rings is 2. The normalized spacial score (nSPS) is 10.8. The molecule has 0 aliphatic carbocycles. The molecule has 2 nitrogen and oxygen atoms in total. The van der Waals surface area contributed by atoms with Crippen molar-refractivity contribution in [2.45, 2.75) is 6.92 Å². The van der Waals surface area contributed by atoms with Crippen LogP contribution in [0, 0.1) is 6.92 Å². The third-order valence-electron chi connectivity index (χ3n) is 2.73. The number of aromatic nitrogens is 2. The maximum absolute atomic E-state index is 4.55. The van der Waals surface area contributed by atoms with Gasteiger partial charge < -0.3 is 4.40 Å². The number of hydrogen-bond acceptors (Lipinski definition) is 1. The van der Waals surface area contributed by atoms with Gasteiger partial charge >= 0.3 is 0 Å². The molecule has 0 N–H and O–H groups in total. The first-order valence-electron chi connectivity index (χ1n) is 5.34. The maximum atomic E-state index is 4.55. The Bertz CT molecular complexity index is 638. The molecule has 3 aromatic heterocycles. The van der Waals surface area contributed by atoms with Crippen LogP contribution >= 0.6 is 0 Å². The molecule has 3 heterocycles. The van der Waals surface area contributed by atoms with Crippen LogP contribution in [0.1, 0.15) is 5.69 Å². The van der Waals surface area contributed by atoms with E-state index in [1.807, 2.05) is 25.1 Å². The first kappa shape index (κ1) is 9.16. The van der Waals surface area contributed by atoms with Crippen LogP contribution in [0.15, 0.2) is 54.9 Å². The van der Waals surface area contributed by atoms with E-state index in [-0.39, 0.29) is 0 Å². The molecule has 0 fully saturated rings. The summed E-state index contributed by atoms with van der Waals surface area (Å²) in [5, 5.41) is 0. The maximum Gasteiger partial charge on any atom is 0.0726 e. The summed E-state index contributed by atoms with van der Waals surface area (Å²) in [6, 6.07) is 14.4. The summed E-state index contributed by atoms with van der Waals surface area (Å²) in [5.41, 5.74) is 4.46.